The van der Waals surface area contributed by atoms with Gasteiger partial charge in [0.15, 0.2) is 0 Å². The van der Waals surface area contributed by atoms with Crippen molar-refractivity contribution in [1.82, 2.24) is 9.97 Å². The van der Waals surface area contributed by atoms with Crippen LogP contribution in [0.4, 0.5) is 0 Å². The van der Waals surface area contributed by atoms with Crippen LogP contribution in [-0.2, 0) is 12.8 Å². The summed E-state index contributed by atoms with van der Waals surface area (Å²) in [6.07, 6.45) is 5.93. The van der Waals surface area contributed by atoms with E-state index in [4.69, 9.17) is 9.47 Å². The number of rotatable bonds is 3. The molecule has 4 nitrogen and oxygen atoms in total. The molecule has 0 N–H and O–H groups in total. The second-order valence-electron chi connectivity index (χ2n) is 4.71. The molecule has 1 heterocycles. The number of ether oxygens (including phenoxy) is 2. The number of aromatic nitrogens is 2. The second-order valence-corrected chi connectivity index (χ2v) is 5.56. The molecule has 1 aromatic carbocycles. The zero-order chi connectivity index (χ0) is 13.9. The summed E-state index contributed by atoms with van der Waals surface area (Å²) in [6.45, 7) is 0. The molecular formula is C15H15BrN2O2. The average Bonchev–Trinajstić information content (AvgIpc) is 2.49. The van der Waals surface area contributed by atoms with Crippen LogP contribution in [0, 0.1) is 0 Å². The van der Waals surface area contributed by atoms with Gasteiger partial charge in [0.25, 0.3) is 0 Å². The number of aryl methyl sites for hydroxylation is 1. The summed E-state index contributed by atoms with van der Waals surface area (Å²) in [5.41, 5.74) is 2.26. The van der Waals surface area contributed by atoms with Crippen molar-refractivity contribution < 1.29 is 9.47 Å². The predicted octanol–water partition coefficient (Wildman–Crippen LogP) is 3.92. The number of halogens is 1. The summed E-state index contributed by atoms with van der Waals surface area (Å²) in [4.78, 5) is 8.63. The van der Waals surface area contributed by atoms with Crippen molar-refractivity contribution in [3.63, 3.8) is 0 Å². The van der Waals surface area contributed by atoms with E-state index >= 15 is 0 Å². The first-order valence-electron chi connectivity index (χ1n) is 6.62. The molecule has 0 atom stereocenters. The molecule has 0 amide bonds. The maximum absolute atomic E-state index is 5.95. The SMILES string of the molecule is COc1ccc(Oc2ncnc3c2CCCC3)c(Br)c1. The third kappa shape index (κ3) is 2.63. The van der Waals surface area contributed by atoms with Gasteiger partial charge in [-0.1, -0.05) is 0 Å². The zero-order valence-electron chi connectivity index (χ0n) is 11.2. The van der Waals surface area contributed by atoms with E-state index in [1.54, 1.807) is 13.4 Å². The van der Waals surface area contributed by atoms with Crippen LogP contribution >= 0.6 is 15.9 Å². The minimum absolute atomic E-state index is 0.667. The van der Waals surface area contributed by atoms with Crippen LogP contribution < -0.4 is 9.47 Å². The average molecular weight is 335 g/mol. The predicted molar refractivity (Wildman–Crippen MR) is 79.4 cm³/mol. The standard InChI is InChI=1S/C15H15BrN2O2/c1-19-10-6-7-14(12(16)8-10)20-15-11-4-2-3-5-13(11)17-9-18-15/h6-9H,2-5H2,1H3. The highest BCUT2D eigenvalue weighted by molar-refractivity contribution is 9.10. The fourth-order valence-electron chi connectivity index (χ4n) is 2.37. The summed E-state index contributed by atoms with van der Waals surface area (Å²) < 4.78 is 12.0. The molecule has 104 valence electrons. The first-order chi connectivity index (χ1) is 9.78. The minimum Gasteiger partial charge on any atom is -0.497 e. The van der Waals surface area contributed by atoms with Gasteiger partial charge in [-0.2, -0.15) is 0 Å². The lowest BCUT2D eigenvalue weighted by atomic mass is 9.97. The number of nitrogens with zero attached hydrogens (tertiary/aromatic N) is 2. The summed E-state index contributed by atoms with van der Waals surface area (Å²) in [5.74, 6) is 2.19. The molecule has 0 saturated carbocycles. The van der Waals surface area contributed by atoms with Gasteiger partial charge in [-0.3, -0.25) is 0 Å². The second kappa shape index (κ2) is 5.79. The van der Waals surface area contributed by atoms with E-state index in [9.17, 15) is 0 Å². The molecule has 5 heteroatoms. The van der Waals surface area contributed by atoms with Crippen LogP contribution in [0.5, 0.6) is 17.4 Å². The van der Waals surface area contributed by atoms with Gasteiger partial charge in [-0.05, 0) is 59.8 Å². The Hall–Kier alpha value is -1.62. The Morgan fingerprint density at radius 1 is 1.15 bits per heavy atom. The Balaban J connectivity index is 1.92. The van der Waals surface area contributed by atoms with E-state index in [2.05, 4.69) is 25.9 Å². The molecule has 20 heavy (non-hydrogen) atoms. The van der Waals surface area contributed by atoms with Crippen molar-refractivity contribution in [2.75, 3.05) is 7.11 Å². The van der Waals surface area contributed by atoms with E-state index in [0.29, 0.717) is 5.88 Å². The quantitative estimate of drug-likeness (QED) is 0.853. The van der Waals surface area contributed by atoms with E-state index in [1.165, 1.54) is 12.8 Å². The van der Waals surface area contributed by atoms with Gasteiger partial charge in [0.1, 0.15) is 17.8 Å². The lowest BCUT2D eigenvalue weighted by Crippen LogP contribution is -2.08. The molecule has 0 saturated heterocycles. The number of methoxy groups -OCH3 is 1. The zero-order valence-corrected chi connectivity index (χ0v) is 12.8. The van der Waals surface area contributed by atoms with Crippen LogP contribution in [0.25, 0.3) is 0 Å². The van der Waals surface area contributed by atoms with Crippen LogP contribution in [0.1, 0.15) is 24.1 Å². The highest BCUT2D eigenvalue weighted by Gasteiger charge is 2.17. The van der Waals surface area contributed by atoms with E-state index in [0.717, 1.165) is 40.1 Å². The normalized spacial score (nSPS) is 13.7. The van der Waals surface area contributed by atoms with E-state index in [1.807, 2.05) is 18.2 Å². The molecule has 2 aromatic rings. The fraction of sp³-hybridized carbons (Fsp3) is 0.333. The fourth-order valence-corrected chi connectivity index (χ4v) is 2.81. The summed E-state index contributed by atoms with van der Waals surface area (Å²) >= 11 is 3.49. The van der Waals surface area contributed by atoms with Gasteiger partial charge in [0.05, 0.1) is 17.3 Å². The van der Waals surface area contributed by atoms with Crippen LogP contribution in [0.3, 0.4) is 0 Å². The largest absolute Gasteiger partial charge is 0.497 e. The van der Waals surface area contributed by atoms with Gasteiger partial charge >= 0.3 is 0 Å². The van der Waals surface area contributed by atoms with Crippen molar-refractivity contribution in [3.8, 4) is 17.4 Å². The third-order valence-corrected chi connectivity index (χ3v) is 4.05. The Morgan fingerprint density at radius 3 is 2.80 bits per heavy atom. The summed E-state index contributed by atoms with van der Waals surface area (Å²) in [7, 11) is 1.64. The molecule has 1 aromatic heterocycles. The third-order valence-electron chi connectivity index (χ3n) is 3.43. The molecule has 0 aliphatic heterocycles. The maximum atomic E-state index is 5.95. The molecule has 0 spiro atoms. The van der Waals surface area contributed by atoms with Crippen molar-refractivity contribution in [3.05, 3.63) is 40.3 Å². The molecule has 1 aliphatic carbocycles. The summed E-state index contributed by atoms with van der Waals surface area (Å²) in [6, 6.07) is 5.62. The molecule has 0 unspecified atom stereocenters. The Morgan fingerprint density at radius 2 is 2.00 bits per heavy atom. The molecular weight excluding hydrogens is 320 g/mol. The Labute approximate surface area is 126 Å². The summed E-state index contributed by atoms with van der Waals surface area (Å²) in [5, 5.41) is 0. The van der Waals surface area contributed by atoms with Gasteiger partial charge in [0.2, 0.25) is 5.88 Å². The number of hydrogen-bond acceptors (Lipinski definition) is 4. The number of hydrogen-bond donors (Lipinski definition) is 0. The van der Waals surface area contributed by atoms with Crippen molar-refractivity contribution >= 4 is 15.9 Å². The Kier molecular flexibility index (Phi) is 3.87. The van der Waals surface area contributed by atoms with Crippen molar-refractivity contribution in [2.24, 2.45) is 0 Å². The topological polar surface area (TPSA) is 44.2 Å². The van der Waals surface area contributed by atoms with Gasteiger partial charge in [-0.15, -0.1) is 0 Å². The molecule has 0 fully saturated rings. The van der Waals surface area contributed by atoms with Crippen molar-refractivity contribution in [1.29, 1.82) is 0 Å². The molecule has 0 radical (unpaired) electrons. The van der Waals surface area contributed by atoms with E-state index < -0.39 is 0 Å². The highest BCUT2D eigenvalue weighted by atomic mass is 79.9. The molecule has 3 rings (SSSR count). The lowest BCUT2D eigenvalue weighted by Gasteiger charge is -2.17. The number of benzene rings is 1. The number of fused-ring (bicyclic) bond motifs is 1. The van der Waals surface area contributed by atoms with Gasteiger partial charge in [0, 0.05) is 5.56 Å². The Bertz CT molecular complexity index is 631. The van der Waals surface area contributed by atoms with Crippen LogP contribution in [-0.4, -0.2) is 17.1 Å². The van der Waals surface area contributed by atoms with Crippen molar-refractivity contribution in [2.45, 2.75) is 25.7 Å². The van der Waals surface area contributed by atoms with E-state index in [-0.39, 0.29) is 0 Å². The van der Waals surface area contributed by atoms with Gasteiger partial charge in [-0.25, -0.2) is 9.97 Å². The highest BCUT2D eigenvalue weighted by Crippen LogP contribution is 2.35. The molecule has 0 bridgehead atoms. The first kappa shape index (κ1) is 13.4. The lowest BCUT2D eigenvalue weighted by molar-refractivity contribution is 0.410. The van der Waals surface area contributed by atoms with Crippen LogP contribution in [0.2, 0.25) is 0 Å². The molecule has 1 aliphatic rings. The maximum Gasteiger partial charge on any atom is 0.225 e. The van der Waals surface area contributed by atoms with Gasteiger partial charge < -0.3 is 9.47 Å². The smallest absolute Gasteiger partial charge is 0.225 e. The first-order valence-corrected chi connectivity index (χ1v) is 7.41. The van der Waals surface area contributed by atoms with Crippen LogP contribution in [0.15, 0.2) is 29.0 Å². The monoisotopic (exact) mass is 334 g/mol. The minimum atomic E-state index is 0.667.